The Morgan fingerprint density at radius 1 is 1.35 bits per heavy atom. The van der Waals surface area contributed by atoms with E-state index in [0.29, 0.717) is 11.4 Å². The number of aromatic amines is 1. The van der Waals surface area contributed by atoms with Gasteiger partial charge in [0.05, 0.1) is 17.3 Å². The third-order valence-corrected chi connectivity index (χ3v) is 3.62. The zero-order valence-corrected chi connectivity index (χ0v) is 12.7. The molecule has 120 valence electrons. The smallest absolute Gasteiger partial charge is 0.255 e. The van der Waals surface area contributed by atoms with Crippen LogP contribution in [0.15, 0.2) is 40.3 Å². The number of H-pyrrole nitrogens is 1. The van der Waals surface area contributed by atoms with Gasteiger partial charge in [-0.2, -0.15) is 4.98 Å². The zero-order valence-electron chi connectivity index (χ0n) is 11.9. The van der Waals surface area contributed by atoms with Gasteiger partial charge in [-0.3, -0.25) is 14.4 Å². The van der Waals surface area contributed by atoms with Gasteiger partial charge in [-0.1, -0.05) is 23.9 Å². The van der Waals surface area contributed by atoms with Crippen molar-refractivity contribution in [3.8, 4) is 5.88 Å². The van der Waals surface area contributed by atoms with E-state index in [2.05, 4.69) is 15.3 Å². The summed E-state index contributed by atoms with van der Waals surface area (Å²) in [6, 6.07) is 7.39. The molecule has 0 saturated heterocycles. The zero-order chi connectivity index (χ0) is 16.8. The van der Waals surface area contributed by atoms with Crippen LogP contribution in [0.3, 0.4) is 0 Å². The Balaban J connectivity index is 1.91. The highest BCUT2D eigenvalue weighted by atomic mass is 32.2. The largest absolute Gasteiger partial charge is 0.493 e. The maximum absolute atomic E-state index is 11.9. The number of para-hydroxylation sites is 1. The Kier molecular flexibility index (Phi) is 5.36. The number of rotatable bonds is 6. The van der Waals surface area contributed by atoms with Gasteiger partial charge in [0, 0.05) is 12.2 Å². The van der Waals surface area contributed by atoms with Crippen LogP contribution >= 0.6 is 11.8 Å². The van der Waals surface area contributed by atoms with Crippen LogP contribution in [0.25, 0.3) is 0 Å². The second kappa shape index (κ2) is 7.45. The molecule has 0 fully saturated rings. The number of hydrogen-bond donors (Lipinski definition) is 4. The number of anilines is 1. The van der Waals surface area contributed by atoms with E-state index < -0.39 is 11.5 Å². The Morgan fingerprint density at radius 2 is 2.09 bits per heavy atom. The van der Waals surface area contributed by atoms with E-state index in [9.17, 15) is 19.5 Å². The van der Waals surface area contributed by atoms with Crippen molar-refractivity contribution < 1.29 is 14.7 Å². The van der Waals surface area contributed by atoms with Gasteiger partial charge in [-0.15, -0.1) is 0 Å². The van der Waals surface area contributed by atoms with Crippen LogP contribution in [-0.4, -0.2) is 32.6 Å². The summed E-state index contributed by atoms with van der Waals surface area (Å²) in [5.41, 5.74) is 5.34. The molecule has 0 aliphatic rings. The third-order valence-electron chi connectivity index (χ3n) is 2.74. The fourth-order valence-electron chi connectivity index (χ4n) is 1.75. The summed E-state index contributed by atoms with van der Waals surface area (Å²) in [5.74, 6) is -0.988. The first-order valence-corrected chi connectivity index (χ1v) is 7.56. The van der Waals surface area contributed by atoms with E-state index >= 15 is 0 Å². The Morgan fingerprint density at radius 3 is 2.78 bits per heavy atom. The molecule has 0 unspecified atom stereocenters. The molecule has 0 atom stereocenters. The first kappa shape index (κ1) is 16.6. The fraction of sp³-hybridized carbons (Fsp3) is 0.143. The molecule has 2 amide bonds. The maximum Gasteiger partial charge on any atom is 0.255 e. The summed E-state index contributed by atoms with van der Waals surface area (Å²) in [6.07, 6.45) is 0.122. The van der Waals surface area contributed by atoms with E-state index in [4.69, 9.17) is 5.73 Å². The maximum atomic E-state index is 11.9. The van der Waals surface area contributed by atoms with Gasteiger partial charge >= 0.3 is 0 Å². The molecule has 0 radical (unpaired) electrons. The van der Waals surface area contributed by atoms with Crippen molar-refractivity contribution in [3.05, 3.63) is 46.2 Å². The molecule has 9 heteroatoms. The summed E-state index contributed by atoms with van der Waals surface area (Å²) in [5, 5.41) is 12.0. The third kappa shape index (κ3) is 4.85. The molecule has 0 bridgehead atoms. The molecule has 1 heterocycles. The second-order valence-corrected chi connectivity index (χ2v) is 5.55. The number of nitrogens with one attached hydrogen (secondary N) is 2. The second-order valence-electron chi connectivity index (χ2n) is 4.47. The molecule has 5 N–H and O–H groups in total. The number of amides is 2. The number of primary amides is 1. The molecule has 0 spiro atoms. The summed E-state index contributed by atoms with van der Waals surface area (Å²) < 4.78 is 0. The van der Waals surface area contributed by atoms with Crippen LogP contribution in [0.5, 0.6) is 5.88 Å². The molecule has 0 aliphatic carbocycles. The summed E-state index contributed by atoms with van der Waals surface area (Å²) in [7, 11) is 0. The van der Waals surface area contributed by atoms with E-state index in [1.54, 1.807) is 18.2 Å². The molecule has 1 aromatic carbocycles. The lowest BCUT2D eigenvalue weighted by Crippen LogP contribution is -2.18. The lowest BCUT2D eigenvalue weighted by molar-refractivity contribution is -0.115. The van der Waals surface area contributed by atoms with E-state index in [-0.39, 0.29) is 28.9 Å². The van der Waals surface area contributed by atoms with Crippen molar-refractivity contribution in [3.63, 3.8) is 0 Å². The van der Waals surface area contributed by atoms with Crippen molar-refractivity contribution >= 4 is 29.3 Å². The van der Waals surface area contributed by atoms with Gasteiger partial charge in [0.1, 0.15) is 0 Å². The molecular weight excluding hydrogens is 320 g/mol. The van der Waals surface area contributed by atoms with E-state index in [1.807, 2.05) is 0 Å². The summed E-state index contributed by atoms with van der Waals surface area (Å²) in [4.78, 5) is 40.5. The van der Waals surface area contributed by atoms with Crippen LogP contribution in [0.2, 0.25) is 0 Å². The van der Waals surface area contributed by atoms with Gasteiger partial charge in [-0.05, 0) is 12.1 Å². The highest BCUT2D eigenvalue weighted by molar-refractivity contribution is 7.99. The van der Waals surface area contributed by atoms with Crippen LogP contribution in [-0.2, 0) is 4.79 Å². The minimum Gasteiger partial charge on any atom is -0.493 e. The molecular formula is C14H14N4O4S. The average Bonchev–Trinajstić information content (AvgIpc) is 2.46. The predicted molar refractivity (Wildman–Crippen MR) is 85.5 cm³/mol. The number of aromatic nitrogens is 2. The number of nitrogens with zero attached hydrogens (tertiary/aromatic N) is 1. The molecule has 0 saturated carbocycles. The topological polar surface area (TPSA) is 138 Å². The molecule has 1 aromatic heterocycles. The number of aromatic hydroxyl groups is 1. The van der Waals surface area contributed by atoms with Crippen molar-refractivity contribution in [1.29, 1.82) is 0 Å². The number of carbonyl (C=O) groups is 2. The standard InChI is InChI=1S/C14H14N4O4S/c15-13(22)8-3-1-2-4-9(8)16-10(19)5-6-23-14-17-11(20)7-12(21)18-14/h1-4,7H,5-6H2,(H2,15,22)(H,16,19)(H2,17,18,20,21). The van der Waals surface area contributed by atoms with Crippen molar-refractivity contribution in [2.75, 3.05) is 11.1 Å². The number of hydrogen-bond acceptors (Lipinski definition) is 6. The van der Waals surface area contributed by atoms with Gasteiger partial charge in [0.2, 0.25) is 11.8 Å². The van der Waals surface area contributed by atoms with Crippen LogP contribution in [0.1, 0.15) is 16.8 Å². The number of nitrogens with two attached hydrogens (primary N) is 1. The number of thioether (sulfide) groups is 1. The van der Waals surface area contributed by atoms with Crippen molar-refractivity contribution in [2.45, 2.75) is 11.6 Å². The van der Waals surface area contributed by atoms with E-state index in [1.165, 1.54) is 6.07 Å². The monoisotopic (exact) mass is 334 g/mol. The first-order valence-electron chi connectivity index (χ1n) is 6.57. The normalized spacial score (nSPS) is 10.3. The lowest BCUT2D eigenvalue weighted by Gasteiger charge is -2.08. The minimum absolute atomic E-state index is 0.122. The Hall–Kier alpha value is -2.81. The summed E-state index contributed by atoms with van der Waals surface area (Å²) in [6.45, 7) is 0. The molecule has 2 aromatic rings. The number of carbonyl (C=O) groups excluding carboxylic acids is 2. The molecule has 23 heavy (non-hydrogen) atoms. The molecule has 2 rings (SSSR count). The fourth-order valence-corrected chi connectivity index (χ4v) is 2.56. The lowest BCUT2D eigenvalue weighted by atomic mass is 10.1. The van der Waals surface area contributed by atoms with Crippen LogP contribution in [0, 0.1) is 0 Å². The summed E-state index contributed by atoms with van der Waals surface area (Å²) >= 11 is 1.12. The van der Waals surface area contributed by atoms with Crippen LogP contribution in [0.4, 0.5) is 5.69 Å². The SMILES string of the molecule is NC(=O)c1ccccc1NC(=O)CCSc1nc(O)cc(=O)[nH]1. The van der Waals surface area contributed by atoms with Gasteiger partial charge in [-0.25, -0.2) is 0 Å². The van der Waals surface area contributed by atoms with Crippen LogP contribution < -0.4 is 16.6 Å². The molecule has 0 aliphatic heterocycles. The Bertz CT molecular complexity index is 790. The minimum atomic E-state index is -0.628. The van der Waals surface area contributed by atoms with E-state index in [0.717, 1.165) is 17.8 Å². The van der Waals surface area contributed by atoms with Crippen molar-refractivity contribution in [2.24, 2.45) is 5.73 Å². The first-order chi connectivity index (χ1) is 11.0. The van der Waals surface area contributed by atoms with Gasteiger partial charge in [0.25, 0.3) is 11.5 Å². The molecule has 8 nitrogen and oxygen atoms in total. The van der Waals surface area contributed by atoms with Gasteiger partial charge < -0.3 is 21.1 Å². The van der Waals surface area contributed by atoms with Crippen molar-refractivity contribution in [1.82, 2.24) is 9.97 Å². The Labute approximate surface area is 135 Å². The average molecular weight is 334 g/mol. The number of benzene rings is 1. The van der Waals surface area contributed by atoms with Gasteiger partial charge in [0.15, 0.2) is 5.16 Å². The predicted octanol–water partition coefficient (Wildman–Crippen LogP) is 0.695. The highest BCUT2D eigenvalue weighted by Crippen LogP contribution is 2.17. The quantitative estimate of drug-likeness (QED) is 0.453. The highest BCUT2D eigenvalue weighted by Gasteiger charge is 2.10.